The van der Waals surface area contributed by atoms with Crippen molar-refractivity contribution in [2.24, 2.45) is 0 Å². The second kappa shape index (κ2) is 5.97. The van der Waals surface area contributed by atoms with Gasteiger partial charge in [-0.15, -0.1) is 0 Å². The van der Waals surface area contributed by atoms with E-state index in [2.05, 4.69) is 10.3 Å². The molecule has 1 aromatic carbocycles. The summed E-state index contributed by atoms with van der Waals surface area (Å²) in [4.78, 5) is 16.5. The van der Waals surface area contributed by atoms with Gasteiger partial charge in [-0.1, -0.05) is 12.1 Å². The Hall–Kier alpha value is -2.69. The summed E-state index contributed by atoms with van der Waals surface area (Å²) < 4.78 is 14.9. The molecule has 4 nitrogen and oxygen atoms in total. The lowest BCUT2D eigenvalue weighted by Gasteiger charge is -2.06. The molecule has 0 saturated heterocycles. The Morgan fingerprint density at radius 1 is 1.27 bits per heavy atom. The number of nitrogens with one attached hydrogen (secondary N) is 1. The van der Waals surface area contributed by atoms with Gasteiger partial charge in [0.25, 0.3) is 5.91 Å². The Bertz CT molecular complexity index is 826. The van der Waals surface area contributed by atoms with Crippen LogP contribution >= 0.6 is 0 Å². The highest BCUT2D eigenvalue weighted by Crippen LogP contribution is 2.08. The van der Waals surface area contributed by atoms with Gasteiger partial charge in [0.15, 0.2) is 0 Å². The number of fused-ring (bicyclic) bond motifs is 1. The van der Waals surface area contributed by atoms with Gasteiger partial charge in [-0.25, -0.2) is 9.37 Å². The molecule has 5 heteroatoms. The number of rotatable bonds is 4. The molecular formula is C17H16FN3O. The van der Waals surface area contributed by atoms with Gasteiger partial charge in [0, 0.05) is 18.9 Å². The van der Waals surface area contributed by atoms with Crippen LogP contribution in [0, 0.1) is 12.7 Å². The topological polar surface area (TPSA) is 46.4 Å². The Morgan fingerprint density at radius 3 is 2.95 bits per heavy atom. The van der Waals surface area contributed by atoms with Gasteiger partial charge in [-0.3, -0.25) is 4.79 Å². The van der Waals surface area contributed by atoms with Crippen LogP contribution < -0.4 is 5.32 Å². The quantitative estimate of drug-likeness (QED) is 0.805. The zero-order valence-electron chi connectivity index (χ0n) is 12.2. The van der Waals surface area contributed by atoms with Crippen LogP contribution in [0.3, 0.4) is 0 Å². The molecule has 0 aliphatic carbocycles. The van der Waals surface area contributed by atoms with Gasteiger partial charge in [-0.2, -0.15) is 0 Å². The summed E-state index contributed by atoms with van der Waals surface area (Å²) in [7, 11) is 0. The van der Waals surface area contributed by atoms with Crippen molar-refractivity contribution in [3.8, 4) is 0 Å². The fraction of sp³-hybridized carbons (Fsp3) is 0.176. The standard InChI is InChI=1S/C17H16FN3O/c1-12-10-21-11-14(5-6-16(21)20-12)17(22)19-8-7-13-3-2-4-15(18)9-13/h2-6,9-11H,7-8H2,1H3,(H,19,22). The number of halogens is 1. The largest absolute Gasteiger partial charge is 0.352 e. The summed E-state index contributed by atoms with van der Waals surface area (Å²) in [5.41, 5.74) is 3.16. The molecule has 112 valence electrons. The van der Waals surface area contributed by atoms with E-state index < -0.39 is 0 Å². The third-order valence-electron chi connectivity index (χ3n) is 3.42. The highest BCUT2D eigenvalue weighted by atomic mass is 19.1. The number of aryl methyl sites for hydroxylation is 1. The number of amides is 1. The number of nitrogens with zero attached hydrogens (tertiary/aromatic N) is 2. The van der Waals surface area contributed by atoms with Gasteiger partial charge >= 0.3 is 0 Å². The van der Waals surface area contributed by atoms with Crippen molar-refractivity contribution in [3.05, 3.63) is 71.4 Å². The monoisotopic (exact) mass is 297 g/mol. The Morgan fingerprint density at radius 2 is 2.14 bits per heavy atom. The summed E-state index contributed by atoms with van der Waals surface area (Å²) in [6, 6.07) is 9.96. The van der Waals surface area contributed by atoms with Crippen LogP contribution in [-0.2, 0) is 6.42 Å². The molecular weight excluding hydrogens is 281 g/mol. The highest BCUT2D eigenvalue weighted by Gasteiger charge is 2.07. The average molecular weight is 297 g/mol. The zero-order valence-corrected chi connectivity index (χ0v) is 12.2. The van der Waals surface area contributed by atoms with Crippen LogP contribution in [0.5, 0.6) is 0 Å². The SMILES string of the molecule is Cc1cn2cc(C(=O)NCCc3cccc(F)c3)ccc2n1. The predicted molar refractivity (Wildman–Crippen MR) is 82.4 cm³/mol. The third kappa shape index (κ3) is 3.14. The van der Waals surface area contributed by atoms with Crippen LogP contribution in [0.4, 0.5) is 4.39 Å². The van der Waals surface area contributed by atoms with Gasteiger partial charge in [-0.05, 0) is 43.2 Å². The fourth-order valence-electron chi connectivity index (χ4n) is 2.37. The molecule has 0 radical (unpaired) electrons. The van der Waals surface area contributed by atoms with E-state index in [4.69, 9.17) is 0 Å². The number of aromatic nitrogens is 2. The van der Waals surface area contributed by atoms with Gasteiger partial charge in [0.2, 0.25) is 0 Å². The van der Waals surface area contributed by atoms with Crippen molar-refractivity contribution >= 4 is 11.6 Å². The van der Waals surface area contributed by atoms with E-state index >= 15 is 0 Å². The Balaban J connectivity index is 1.63. The number of hydrogen-bond donors (Lipinski definition) is 1. The molecule has 0 fully saturated rings. The molecule has 0 bridgehead atoms. The second-order valence-corrected chi connectivity index (χ2v) is 5.20. The number of hydrogen-bond acceptors (Lipinski definition) is 2. The van der Waals surface area contributed by atoms with Crippen LogP contribution in [-0.4, -0.2) is 21.8 Å². The Labute approximate surface area is 127 Å². The lowest BCUT2D eigenvalue weighted by molar-refractivity contribution is 0.0953. The predicted octanol–water partition coefficient (Wildman–Crippen LogP) is 2.75. The average Bonchev–Trinajstić information content (AvgIpc) is 2.86. The molecule has 22 heavy (non-hydrogen) atoms. The molecule has 2 aromatic heterocycles. The normalized spacial score (nSPS) is 10.8. The van der Waals surface area contributed by atoms with Crippen LogP contribution in [0.2, 0.25) is 0 Å². The van der Waals surface area contributed by atoms with E-state index in [-0.39, 0.29) is 11.7 Å². The first-order valence-corrected chi connectivity index (χ1v) is 7.10. The van der Waals surface area contributed by atoms with E-state index in [0.29, 0.717) is 18.5 Å². The van der Waals surface area contributed by atoms with Gasteiger partial charge in [0.1, 0.15) is 11.5 Å². The summed E-state index contributed by atoms with van der Waals surface area (Å²) in [6.07, 6.45) is 4.22. The first-order chi connectivity index (χ1) is 10.6. The minimum absolute atomic E-state index is 0.148. The van der Waals surface area contributed by atoms with Crippen LogP contribution in [0.15, 0.2) is 48.8 Å². The molecule has 0 aliphatic heterocycles. The number of pyridine rings is 1. The number of imidazole rings is 1. The summed E-state index contributed by atoms with van der Waals surface area (Å²) >= 11 is 0. The van der Waals surface area contributed by atoms with E-state index in [9.17, 15) is 9.18 Å². The molecule has 1 N–H and O–H groups in total. The first-order valence-electron chi connectivity index (χ1n) is 7.10. The molecule has 0 unspecified atom stereocenters. The maximum atomic E-state index is 13.1. The van der Waals surface area contributed by atoms with Crippen molar-refractivity contribution in [1.29, 1.82) is 0 Å². The first kappa shape index (κ1) is 14.3. The molecule has 0 spiro atoms. The molecule has 0 saturated carbocycles. The molecule has 3 aromatic rings. The fourth-order valence-corrected chi connectivity index (χ4v) is 2.37. The molecule has 3 rings (SSSR count). The van der Waals surface area contributed by atoms with Crippen molar-refractivity contribution in [2.45, 2.75) is 13.3 Å². The lowest BCUT2D eigenvalue weighted by atomic mass is 10.1. The highest BCUT2D eigenvalue weighted by molar-refractivity contribution is 5.94. The van der Waals surface area contributed by atoms with Crippen molar-refractivity contribution in [2.75, 3.05) is 6.54 Å². The number of carbonyl (C=O) groups is 1. The summed E-state index contributed by atoms with van der Waals surface area (Å²) in [5, 5.41) is 2.84. The Kier molecular flexibility index (Phi) is 3.87. The van der Waals surface area contributed by atoms with E-state index in [1.54, 1.807) is 18.3 Å². The van der Waals surface area contributed by atoms with Crippen LogP contribution in [0.25, 0.3) is 5.65 Å². The molecule has 2 heterocycles. The van der Waals surface area contributed by atoms with E-state index in [1.165, 1.54) is 12.1 Å². The van der Waals surface area contributed by atoms with Crippen molar-refractivity contribution in [1.82, 2.24) is 14.7 Å². The third-order valence-corrected chi connectivity index (χ3v) is 3.42. The summed E-state index contributed by atoms with van der Waals surface area (Å²) in [6.45, 7) is 2.37. The van der Waals surface area contributed by atoms with Crippen molar-refractivity contribution < 1.29 is 9.18 Å². The van der Waals surface area contributed by atoms with Gasteiger partial charge < -0.3 is 9.72 Å². The van der Waals surface area contributed by atoms with E-state index in [0.717, 1.165) is 16.9 Å². The molecule has 1 amide bonds. The van der Waals surface area contributed by atoms with Crippen LogP contribution in [0.1, 0.15) is 21.6 Å². The van der Waals surface area contributed by atoms with E-state index in [1.807, 2.05) is 29.7 Å². The zero-order chi connectivity index (χ0) is 15.5. The lowest BCUT2D eigenvalue weighted by Crippen LogP contribution is -2.25. The van der Waals surface area contributed by atoms with Gasteiger partial charge in [0.05, 0.1) is 11.3 Å². The second-order valence-electron chi connectivity index (χ2n) is 5.20. The van der Waals surface area contributed by atoms with Crippen molar-refractivity contribution in [3.63, 3.8) is 0 Å². The smallest absolute Gasteiger partial charge is 0.252 e. The number of benzene rings is 1. The summed E-state index contributed by atoms with van der Waals surface area (Å²) in [5.74, 6) is -0.408. The minimum atomic E-state index is -0.259. The molecule has 0 aliphatic rings. The molecule has 0 atom stereocenters. The number of carbonyl (C=O) groups excluding carboxylic acids is 1. The minimum Gasteiger partial charge on any atom is -0.352 e. The maximum Gasteiger partial charge on any atom is 0.252 e. The maximum absolute atomic E-state index is 13.1.